The van der Waals surface area contributed by atoms with Crippen LogP contribution in [0.2, 0.25) is 0 Å². The zero-order valence-electron chi connectivity index (χ0n) is 14.4. The Labute approximate surface area is 203 Å². The van der Waals surface area contributed by atoms with E-state index in [0.29, 0.717) is 6.42 Å². The molecule has 14 heteroatoms. The van der Waals surface area contributed by atoms with E-state index in [1.54, 1.807) is 11.8 Å². The van der Waals surface area contributed by atoms with Gasteiger partial charge >= 0.3 is 51.4 Å². The molecule has 4 N–H and O–H groups in total. The second-order valence-corrected chi connectivity index (χ2v) is 8.36. The van der Waals surface area contributed by atoms with Gasteiger partial charge < -0.3 is 29.7 Å². The van der Waals surface area contributed by atoms with Crippen LogP contribution in [0.3, 0.4) is 0 Å². The molecule has 0 spiro atoms. The SMILES string of the molecule is CSCCCC/C(=N/OS(=O)(=O)[O-])S[C@@H]1O[C@H](CO)[C@@H](O)[C@H](O)[C@H]1O.[K+]. The van der Waals surface area contributed by atoms with E-state index in [9.17, 15) is 28.3 Å². The minimum absolute atomic E-state index is 0. The summed E-state index contributed by atoms with van der Waals surface area (Å²) in [6.45, 7) is -0.590. The average Bonchev–Trinajstić information content (AvgIpc) is 2.55. The second kappa shape index (κ2) is 13.7. The number of hydrogen-bond donors (Lipinski definition) is 4. The van der Waals surface area contributed by atoms with Crippen LogP contribution in [0, 0.1) is 0 Å². The monoisotopic (exact) mass is 459 g/mol. The first-order chi connectivity index (χ1) is 11.7. The number of ether oxygens (including phenoxy) is 1. The van der Waals surface area contributed by atoms with Gasteiger partial charge in [0.15, 0.2) is 0 Å². The molecule has 148 valence electrons. The number of unbranched alkanes of at least 4 members (excludes halogenated alkanes) is 1. The van der Waals surface area contributed by atoms with Crippen molar-refractivity contribution in [2.45, 2.75) is 49.1 Å². The summed E-state index contributed by atoms with van der Waals surface area (Å²) in [6, 6.07) is 0. The first-order valence-corrected chi connectivity index (χ1v) is 11.0. The molecule has 0 unspecified atom stereocenters. The van der Waals surface area contributed by atoms with Crippen LogP contribution in [0.4, 0.5) is 0 Å². The van der Waals surface area contributed by atoms with Crippen molar-refractivity contribution < 1.29 is 93.8 Å². The predicted octanol–water partition coefficient (Wildman–Crippen LogP) is -4.15. The van der Waals surface area contributed by atoms with Crippen LogP contribution in [0.25, 0.3) is 0 Å². The molecule has 0 aromatic rings. The van der Waals surface area contributed by atoms with Crippen molar-refractivity contribution in [2.75, 3.05) is 18.6 Å². The van der Waals surface area contributed by atoms with Crippen molar-refractivity contribution in [1.29, 1.82) is 0 Å². The third kappa shape index (κ3) is 9.82. The maximum absolute atomic E-state index is 10.6. The molecule has 1 rings (SSSR count). The van der Waals surface area contributed by atoms with E-state index < -0.39 is 46.9 Å². The molecule has 1 fully saturated rings. The minimum Gasteiger partial charge on any atom is -0.714 e. The number of thioether (sulfide) groups is 2. The van der Waals surface area contributed by atoms with E-state index in [4.69, 9.17) is 9.84 Å². The van der Waals surface area contributed by atoms with Crippen molar-refractivity contribution in [3.05, 3.63) is 0 Å². The third-order valence-electron chi connectivity index (χ3n) is 3.32. The third-order valence-corrected chi connectivity index (χ3v) is 5.45. The van der Waals surface area contributed by atoms with Gasteiger partial charge in [0.1, 0.15) is 34.9 Å². The largest absolute Gasteiger partial charge is 1.00 e. The molecule has 5 atom stereocenters. The molecule has 1 saturated heterocycles. The Morgan fingerprint density at radius 2 is 1.88 bits per heavy atom. The van der Waals surface area contributed by atoms with Crippen molar-refractivity contribution in [1.82, 2.24) is 0 Å². The maximum atomic E-state index is 10.6. The molecule has 0 amide bonds. The Balaban J connectivity index is 0.00000625. The standard InChI is InChI=1S/C12H23NO9S3.K/c1-23-5-3-2-4-8(13-22-25(18,19)20)24-12-11(17)10(16)9(15)7(6-14)21-12;/h7,9-12,14-17H,2-6H2,1H3,(H,18,19,20);/q;+1/p-1/b13-8-;/t7-,9-,10+,11-,12+;/m1./s1. The van der Waals surface area contributed by atoms with Crippen molar-refractivity contribution in [3.63, 3.8) is 0 Å². The van der Waals surface area contributed by atoms with Crippen LogP contribution in [-0.2, 0) is 19.4 Å². The van der Waals surface area contributed by atoms with Crippen molar-refractivity contribution >= 4 is 39.0 Å². The molecule has 0 aromatic carbocycles. The summed E-state index contributed by atoms with van der Waals surface area (Å²) in [6.07, 6.45) is -2.06. The predicted molar refractivity (Wildman–Crippen MR) is 91.8 cm³/mol. The summed E-state index contributed by atoms with van der Waals surface area (Å²) in [5.41, 5.74) is -1.13. The Kier molecular flexibility index (Phi) is 14.5. The molecule has 1 heterocycles. The van der Waals surface area contributed by atoms with E-state index in [1.807, 2.05) is 6.26 Å². The fourth-order valence-electron chi connectivity index (χ4n) is 2.03. The number of nitrogens with zero attached hydrogens (tertiary/aromatic N) is 1. The van der Waals surface area contributed by atoms with E-state index >= 15 is 0 Å². The van der Waals surface area contributed by atoms with Gasteiger partial charge in [-0.3, -0.25) is 4.28 Å². The molecular formula is C12H22KNO9S3. The fourth-order valence-corrected chi connectivity index (χ4v) is 3.87. The summed E-state index contributed by atoms with van der Waals surface area (Å²) in [7, 11) is -5.03. The van der Waals surface area contributed by atoms with Gasteiger partial charge in [0.2, 0.25) is 0 Å². The zero-order valence-corrected chi connectivity index (χ0v) is 20.0. The van der Waals surface area contributed by atoms with Crippen molar-refractivity contribution in [3.8, 4) is 0 Å². The van der Waals surface area contributed by atoms with Crippen LogP contribution in [0.5, 0.6) is 0 Å². The zero-order chi connectivity index (χ0) is 19.0. The van der Waals surface area contributed by atoms with Crippen molar-refractivity contribution in [2.24, 2.45) is 5.16 Å². The first kappa shape index (κ1) is 27.5. The smallest absolute Gasteiger partial charge is 0.714 e. The van der Waals surface area contributed by atoms with E-state index in [2.05, 4.69) is 9.44 Å². The first-order valence-electron chi connectivity index (χ1n) is 7.37. The maximum Gasteiger partial charge on any atom is 1.00 e. The quantitative estimate of drug-likeness (QED) is 0.0502. The van der Waals surface area contributed by atoms with Gasteiger partial charge in [-0.1, -0.05) is 16.9 Å². The Morgan fingerprint density at radius 1 is 1.23 bits per heavy atom. The van der Waals surface area contributed by atoms with Gasteiger partial charge in [-0.25, -0.2) is 0 Å². The summed E-state index contributed by atoms with van der Waals surface area (Å²) < 4.78 is 40.9. The summed E-state index contributed by atoms with van der Waals surface area (Å²) in [4.78, 5) is 0. The normalized spacial score (nSPS) is 29.9. The summed E-state index contributed by atoms with van der Waals surface area (Å²) >= 11 is 2.39. The van der Waals surface area contributed by atoms with Gasteiger partial charge in [0.25, 0.3) is 10.4 Å². The minimum atomic E-state index is -5.03. The van der Waals surface area contributed by atoms with Crippen LogP contribution in [-0.4, -0.2) is 86.9 Å². The molecule has 10 nitrogen and oxygen atoms in total. The van der Waals surface area contributed by atoms with Gasteiger partial charge in [0, 0.05) is 0 Å². The van der Waals surface area contributed by atoms with Crippen LogP contribution in [0.1, 0.15) is 19.3 Å². The van der Waals surface area contributed by atoms with Gasteiger partial charge in [-0.05, 0) is 31.3 Å². The van der Waals surface area contributed by atoms with Crippen LogP contribution in [0.15, 0.2) is 5.16 Å². The Hall–Kier alpha value is 1.52. The molecule has 1 aliphatic rings. The van der Waals surface area contributed by atoms with Crippen LogP contribution < -0.4 is 51.4 Å². The number of hydrogen-bond acceptors (Lipinski definition) is 12. The number of rotatable bonds is 9. The average molecular weight is 460 g/mol. The Bertz CT molecular complexity index is 534. The molecule has 0 bridgehead atoms. The molecule has 0 saturated carbocycles. The fraction of sp³-hybridized carbons (Fsp3) is 0.917. The number of oxime groups is 1. The molecule has 0 aromatic heterocycles. The number of aliphatic hydroxyl groups excluding tert-OH is 4. The van der Waals surface area contributed by atoms with Crippen LogP contribution >= 0.6 is 23.5 Å². The molecule has 26 heavy (non-hydrogen) atoms. The summed E-state index contributed by atoms with van der Waals surface area (Å²) in [5.74, 6) is 0.874. The van der Waals surface area contributed by atoms with E-state index in [0.717, 1.165) is 23.9 Å². The van der Waals surface area contributed by atoms with Gasteiger partial charge in [-0.2, -0.15) is 20.2 Å². The molecule has 1 aliphatic heterocycles. The topological polar surface area (TPSA) is 169 Å². The summed E-state index contributed by atoms with van der Waals surface area (Å²) in [5, 5.41) is 42.0. The molecule has 0 radical (unpaired) electrons. The Morgan fingerprint density at radius 3 is 2.42 bits per heavy atom. The molecular weight excluding hydrogens is 437 g/mol. The second-order valence-electron chi connectivity index (χ2n) is 5.23. The van der Waals surface area contributed by atoms with E-state index in [-0.39, 0.29) is 62.8 Å². The molecule has 0 aliphatic carbocycles. The van der Waals surface area contributed by atoms with Gasteiger partial charge in [0.05, 0.1) is 6.61 Å². The van der Waals surface area contributed by atoms with Gasteiger partial charge in [-0.15, -0.1) is 0 Å². The number of aliphatic hydroxyl groups is 4. The van der Waals surface area contributed by atoms with E-state index in [1.165, 1.54) is 0 Å².